The van der Waals surface area contributed by atoms with Crippen molar-refractivity contribution in [3.63, 3.8) is 0 Å². The Bertz CT molecular complexity index is 1220. The minimum Gasteiger partial charge on any atom is -0.450 e. The van der Waals surface area contributed by atoms with Gasteiger partial charge < -0.3 is 25.6 Å². The minimum absolute atomic E-state index is 0.0130. The van der Waals surface area contributed by atoms with E-state index in [1.165, 1.54) is 4.90 Å². The molecule has 1 spiro atoms. The van der Waals surface area contributed by atoms with Crippen LogP contribution in [0.3, 0.4) is 0 Å². The molecule has 0 bridgehead atoms. The van der Waals surface area contributed by atoms with E-state index in [9.17, 15) is 46.4 Å². The molecule has 4 rings (SSSR count). The zero-order valence-corrected chi connectivity index (χ0v) is 25.4. The van der Waals surface area contributed by atoms with Crippen LogP contribution in [0, 0.1) is 39.9 Å². The Morgan fingerprint density at radius 3 is 2.30 bits per heavy atom. The maximum Gasteiger partial charge on any atom is 0.453 e. The number of hydrogen-bond donors (Lipinski definition) is 3. The van der Waals surface area contributed by atoms with Gasteiger partial charge in [0.25, 0.3) is 0 Å². The lowest BCUT2D eigenvalue weighted by atomic mass is 9.85. The first kappa shape index (κ1) is 33.7. The van der Waals surface area contributed by atoms with Gasteiger partial charge in [0.2, 0.25) is 17.7 Å². The number of rotatable bonds is 10. The molecule has 2 aliphatic carbocycles. The highest BCUT2D eigenvalue weighted by molar-refractivity contribution is 5.93. The van der Waals surface area contributed by atoms with Crippen LogP contribution in [-0.2, 0) is 19.1 Å². The fraction of sp³-hybridized carbons (Fsp3) is 0.828. The van der Waals surface area contributed by atoms with Crippen LogP contribution in [0.2, 0.25) is 0 Å². The monoisotopic (exact) mass is 633 g/mol. The summed E-state index contributed by atoms with van der Waals surface area (Å²) < 4.78 is 68.2. The molecule has 4 aliphatic rings. The second kappa shape index (κ2) is 11.3. The largest absolute Gasteiger partial charge is 0.453 e. The zero-order chi connectivity index (χ0) is 33.0. The van der Waals surface area contributed by atoms with E-state index in [4.69, 9.17) is 4.74 Å². The molecule has 0 unspecified atom stereocenters. The number of alkyl carbamates (subject to hydrolysis) is 1. The van der Waals surface area contributed by atoms with Crippen molar-refractivity contribution in [3.05, 3.63) is 0 Å². The molecule has 2 saturated carbocycles. The first-order chi connectivity index (χ1) is 20.1. The van der Waals surface area contributed by atoms with Crippen LogP contribution in [0.25, 0.3) is 0 Å². The van der Waals surface area contributed by atoms with E-state index in [0.29, 0.717) is 6.42 Å². The molecule has 246 valence electrons. The average molecular weight is 634 g/mol. The highest BCUT2D eigenvalue weighted by Gasteiger charge is 2.70. The molecule has 0 radical (unpaired) electrons. The van der Waals surface area contributed by atoms with Crippen molar-refractivity contribution in [3.8, 4) is 6.07 Å². The molecular weight excluding hydrogens is 593 g/mol. The number of likely N-dealkylation sites (tertiary alicyclic amines) is 1. The summed E-state index contributed by atoms with van der Waals surface area (Å²) in [7, 11) is 0. The third-order valence-electron chi connectivity index (χ3n) is 9.66. The molecule has 0 aromatic rings. The standard InChI is InChI=1S/C29H40F5N5O5/c1-25(2,3)20(37-24(43)44-10-6-7-28(30,31)29(32,33)34)23(42)39-14-17-18(26(17,4)5)19(39)22(41)36-16(13-35)11-15-12-27(8-9-27)38-21(15)40/h15-20H,6-12,14H2,1-5H3,(H,36,41)(H,37,43)(H,38,40)/t15-,16+,17+,18+,19+,20-/m1/s1. The number of carbonyl (C=O) groups is 4. The number of nitriles is 1. The van der Waals surface area contributed by atoms with Crippen molar-refractivity contribution in [1.29, 1.82) is 5.26 Å². The Morgan fingerprint density at radius 2 is 1.77 bits per heavy atom. The highest BCUT2D eigenvalue weighted by atomic mass is 19.4. The van der Waals surface area contributed by atoms with Gasteiger partial charge in [-0.15, -0.1) is 0 Å². The van der Waals surface area contributed by atoms with E-state index in [0.717, 1.165) is 12.8 Å². The molecule has 15 heteroatoms. The van der Waals surface area contributed by atoms with Crippen molar-refractivity contribution >= 4 is 23.8 Å². The van der Waals surface area contributed by atoms with Crippen molar-refractivity contribution in [2.45, 2.75) is 109 Å². The summed E-state index contributed by atoms with van der Waals surface area (Å²) in [5, 5.41) is 17.9. The molecule has 2 aliphatic heterocycles. The number of carbonyl (C=O) groups excluding carboxylic acids is 4. The third kappa shape index (κ3) is 6.73. The number of amides is 4. The van der Waals surface area contributed by atoms with Gasteiger partial charge >= 0.3 is 18.2 Å². The van der Waals surface area contributed by atoms with Gasteiger partial charge in [-0.25, -0.2) is 4.79 Å². The minimum atomic E-state index is -5.72. The summed E-state index contributed by atoms with van der Waals surface area (Å²) in [6, 6.07) is -1.07. The first-order valence-corrected chi connectivity index (χ1v) is 14.8. The Balaban J connectivity index is 1.40. The number of hydrogen-bond acceptors (Lipinski definition) is 6. The molecule has 6 atom stereocenters. The summed E-state index contributed by atoms with van der Waals surface area (Å²) in [5.41, 5.74) is -1.35. The average Bonchev–Trinajstić information content (AvgIpc) is 3.61. The third-order valence-corrected chi connectivity index (χ3v) is 9.66. The van der Waals surface area contributed by atoms with Crippen LogP contribution in [0.4, 0.5) is 26.7 Å². The summed E-state index contributed by atoms with van der Waals surface area (Å²) in [4.78, 5) is 53.8. The molecule has 0 aromatic heterocycles. The normalized spacial score (nSPS) is 27.9. The fourth-order valence-corrected chi connectivity index (χ4v) is 6.72. The summed E-state index contributed by atoms with van der Waals surface area (Å²) in [5.74, 6) is -6.83. The van der Waals surface area contributed by atoms with Gasteiger partial charge in [-0.1, -0.05) is 34.6 Å². The van der Waals surface area contributed by atoms with Gasteiger partial charge in [0.15, 0.2) is 0 Å². The number of nitrogens with zero attached hydrogens (tertiary/aromatic N) is 2. The van der Waals surface area contributed by atoms with Crippen LogP contribution in [-0.4, -0.2) is 77.6 Å². The highest BCUT2D eigenvalue weighted by Crippen LogP contribution is 2.65. The van der Waals surface area contributed by atoms with Crippen LogP contribution < -0.4 is 16.0 Å². The molecule has 10 nitrogen and oxygen atoms in total. The van der Waals surface area contributed by atoms with E-state index < -0.39 is 78.9 Å². The molecule has 2 heterocycles. The smallest absolute Gasteiger partial charge is 0.450 e. The molecule has 2 saturated heterocycles. The van der Waals surface area contributed by atoms with E-state index in [1.807, 2.05) is 13.8 Å². The van der Waals surface area contributed by atoms with Crippen LogP contribution in [0.5, 0.6) is 0 Å². The van der Waals surface area contributed by atoms with Gasteiger partial charge in [-0.3, -0.25) is 14.4 Å². The molecule has 3 N–H and O–H groups in total. The van der Waals surface area contributed by atoms with Crippen molar-refractivity contribution in [2.75, 3.05) is 13.2 Å². The maximum atomic E-state index is 13.9. The van der Waals surface area contributed by atoms with Gasteiger partial charge in [-0.2, -0.15) is 27.2 Å². The Kier molecular flexibility index (Phi) is 8.67. The Labute approximate surface area is 252 Å². The van der Waals surface area contributed by atoms with Gasteiger partial charge in [0, 0.05) is 24.4 Å². The van der Waals surface area contributed by atoms with Crippen molar-refractivity contribution in [2.24, 2.45) is 28.6 Å². The van der Waals surface area contributed by atoms with E-state index >= 15 is 0 Å². The molecule has 4 fully saturated rings. The second-order valence-electron chi connectivity index (χ2n) is 14.4. The van der Waals surface area contributed by atoms with Gasteiger partial charge in [-0.05, 0) is 54.8 Å². The van der Waals surface area contributed by atoms with E-state index in [2.05, 4.69) is 22.0 Å². The summed E-state index contributed by atoms with van der Waals surface area (Å²) in [6.45, 7) is 8.40. The second-order valence-corrected chi connectivity index (χ2v) is 14.4. The lowest BCUT2D eigenvalue weighted by molar-refractivity contribution is -0.284. The lowest BCUT2D eigenvalue weighted by Gasteiger charge is -2.37. The fourth-order valence-electron chi connectivity index (χ4n) is 6.72. The molecule has 4 amide bonds. The number of alkyl halides is 5. The number of piperidine rings is 1. The SMILES string of the molecule is CC(C)(C)[C@H](NC(=O)OCCCC(F)(F)C(F)(F)F)C(=O)N1C[C@H]2[C@@H]([C@H]1C(=O)N[C@H](C#N)C[C@@H]1CC3(CC3)NC1=O)C2(C)C. The maximum absolute atomic E-state index is 13.9. The summed E-state index contributed by atoms with van der Waals surface area (Å²) >= 11 is 0. The summed E-state index contributed by atoms with van der Waals surface area (Å²) in [6.07, 6.45) is -6.69. The van der Waals surface area contributed by atoms with Crippen LogP contribution >= 0.6 is 0 Å². The predicted octanol–water partition coefficient (Wildman–Crippen LogP) is 3.66. The number of halogens is 5. The Hall–Kier alpha value is -3.18. The number of ether oxygens (including phenoxy) is 1. The topological polar surface area (TPSA) is 141 Å². The predicted molar refractivity (Wildman–Crippen MR) is 145 cm³/mol. The van der Waals surface area contributed by atoms with Crippen LogP contribution in [0.15, 0.2) is 0 Å². The van der Waals surface area contributed by atoms with E-state index in [-0.39, 0.29) is 41.7 Å². The quantitative estimate of drug-likeness (QED) is 0.248. The van der Waals surface area contributed by atoms with Crippen LogP contribution in [0.1, 0.15) is 73.1 Å². The van der Waals surface area contributed by atoms with Gasteiger partial charge in [0.1, 0.15) is 18.1 Å². The van der Waals surface area contributed by atoms with Crippen molar-refractivity contribution < 1.29 is 45.9 Å². The van der Waals surface area contributed by atoms with Crippen molar-refractivity contribution in [1.82, 2.24) is 20.9 Å². The van der Waals surface area contributed by atoms with Gasteiger partial charge in [0.05, 0.1) is 12.7 Å². The lowest BCUT2D eigenvalue weighted by Crippen LogP contribution is -2.59. The zero-order valence-electron chi connectivity index (χ0n) is 25.4. The number of fused-ring (bicyclic) bond motifs is 1. The molecular formula is C29H40F5N5O5. The molecule has 44 heavy (non-hydrogen) atoms. The van der Waals surface area contributed by atoms with E-state index in [1.54, 1.807) is 20.8 Å². The Morgan fingerprint density at radius 1 is 1.14 bits per heavy atom. The molecule has 0 aromatic carbocycles. The first-order valence-electron chi connectivity index (χ1n) is 14.8. The number of nitrogens with one attached hydrogen (secondary N) is 3.